The van der Waals surface area contributed by atoms with E-state index in [0.29, 0.717) is 12.5 Å². The zero-order valence-corrected chi connectivity index (χ0v) is 13.1. The van der Waals surface area contributed by atoms with Crippen LogP contribution in [0.1, 0.15) is 39.5 Å². The van der Waals surface area contributed by atoms with Crippen LogP contribution in [0.5, 0.6) is 0 Å². The number of piperidine rings is 1. The maximum Gasteiger partial charge on any atom is 0.223 e. The monoisotopic (exact) mass is 269 g/mol. The van der Waals surface area contributed by atoms with Crippen LogP contribution in [-0.4, -0.2) is 62.0 Å². The molecule has 19 heavy (non-hydrogen) atoms. The Morgan fingerprint density at radius 1 is 1.47 bits per heavy atom. The predicted molar refractivity (Wildman–Crippen MR) is 80.2 cm³/mol. The van der Waals surface area contributed by atoms with Gasteiger partial charge in [0.15, 0.2) is 0 Å². The van der Waals surface area contributed by atoms with Gasteiger partial charge in [-0.3, -0.25) is 4.79 Å². The van der Waals surface area contributed by atoms with Crippen LogP contribution in [0.15, 0.2) is 0 Å². The van der Waals surface area contributed by atoms with Crippen LogP contribution in [0, 0.1) is 5.92 Å². The number of likely N-dealkylation sites (tertiary alicyclic amines) is 1. The molecule has 1 saturated heterocycles. The van der Waals surface area contributed by atoms with Gasteiger partial charge < -0.3 is 15.1 Å². The van der Waals surface area contributed by atoms with Gasteiger partial charge in [0.1, 0.15) is 0 Å². The van der Waals surface area contributed by atoms with Gasteiger partial charge >= 0.3 is 0 Å². The Hall–Kier alpha value is -0.610. The van der Waals surface area contributed by atoms with Gasteiger partial charge in [0, 0.05) is 39.6 Å². The average Bonchev–Trinajstić information content (AvgIpc) is 2.42. The first-order chi connectivity index (χ1) is 9.04. The molecule has 0 aromatic carbocycles. The molecule has 0 spiro atoms. The van der Waals surface area contributed by atoms with Crippen molar-refractivity contribution >= 4 is 5.91 Å². The summed E-state index contributed by atoms with van der Waals surface area (Å²) in [6.45, 7) is 8.82. The van der Waals surface area contributed by atoms with Crippen molar-refractivity contribution in [2.45, 2.75) is 45.6 Å². The van der Waals surface area contributed by atoms with Gasteiger partial charge in [0.25, 0.3) is 0 Å². The lowest BCUT2D eigenvalue weighted by Crippen LogP contribution is -2.45. The molecule has 4 nitrogen and oxygen atoms in total. The van der Waals surface area contributed by atoms with Crippen LogP contribution in [-0.2, 0) is 4.79 Å². The lowest BCUT2D eigenvalue weighted by molar-refractivity contribution is -0.129. The highest BCUT2D eigenvalue weighted by Gasteiger charge is 2.24. The van der Waals surface area contributed by atoms with Crippen molar-refractivity contribution in [3.63, 3.8) is 0 Å². The highest BCUT2D eigenvalue weighted by molar-refractivity contribution is 5.75. The van der Waals surface area contributed by atoms with Gasteiger partial charge in [0.2, 0.25) is 5.91 Å². The van der Waals surface area contributed by atoms with Gasteiger partial charge in [-0.15, -0.1) is 0 Å². The number of amides is 1. The maximum atomic E-state index is 11.6. The van der Waals surface area contributed by atoms with E-state index < -0.39 is 0 Å². The normalized spacial score (nSPS) is 22.2. The predicted octanol–water partition coefficient (Wildman–Crippen LogP) is 1.56. The van der Waals surface area contributed by atoms with Crippen molar-refractivity contribution in [2.24, 2.45) is 5.92 Å². The van der Waals surface area contributed by atoms with E-state index in [1.54, 1.807) is 4.90 Å². The molecule has 1 heterocycles. The molecule has 1 N–H and O–H groups in total. The summed E-state index contributed by atoms with van der Waals surface area (Å²) >= 11 is 0. The molecule has 112 valence electrons. The fourth-order valence-electron chi connectivity index (χ4n) is 2.72. The molecular weight excluding hydrogens is 238 g/mol. The Balaban J connectivity index is 2.31. The van der Waals surface area contributed by atoms with E-state index in [-0.39, 0.29) is 5.91 Å². The van der Waals surface area contributed by atoms with Crippen LogP contribution in [0.3, 0.4) is 0 Å². The SMILES string of the molecule is CCCNC(C)C1CCCN(CCC(=O)N(C)C)C1. The van der Waals surface area contributed by atoms with Crippen molar-refractivity contribution < 1.29 is 4.79 Å². The van der Waals surface area contributed by atoms with Crippen molar-refractivity contribution in [3.8, 4) is 0 Å². The molecular formula is C15H31N3O. The van der Waals surface area contributed by atoms with Crippen LogP contribution in [0.4, 0.5) is 0 Å². The summed E-state index contributed by atoms with van der Waals surface area (Å²) < 4.78 is 0. The third kappa shape index (κ3) is 5.91. The Morgan fingerprint density at radius 3 is 2.84 bits per heavy atom. The molecule has 1 fully saturated rings. The fraction of sp³-hybridized carbons (Fsp3) is 0.933. The molecule has 2 atom stereocenters. The number of hydrogen-bond acceptors (Lipinski definition) is 3. The van der Waals surface area contributed by atoms with E-state index in [1.165, 1.54) is 19.3 Å². The topological polar surface area (TPSA) is 35.6 Å². The van der Waals surface area contributed by atoms with Gasteiger partial charge in [-0.2, -0.15) is 0 Å². The Kier molecular flexibility index (Phi) is 7.39. The number of nitrogens with zero attached hydrogens (tertiary/aromatic N) is 2. The zero-order valence-electron chi connectivity index (χ0n) is 13.1. The van der Waals surface area contributed by atoms with Gasteiger partial charge in [-0.25, -0.2) is 0 Å². The van der Waals surface area contributed by atoms with Crippen molar-refractivity contribution in [1.29, 1.82) is 0 Å². The summed E-state index contributed by atoms with van der Waals surface area (Å²) in [5.74, 6) is 0.967. The first-order valence-corrected chi connectivity index (χ1v) is 7.70. The van der Waals surface area contributed by atoms with Crippen molar-refractivity contribution in [3.05, 3.63) is 0 Å². The smallest absolute Gasteiger partial charge is 0.223 e. The van der Waals surface area contributed by atoms with Crippen LogP contribution < -0.4 is 5.32 Å². The summed E-state index contributed by atoms with van der Waals surface area (Å²) in [4.78, 5) is 15.8. The molecule has 0 aromatic heterocycles. The number of carbonyl (C=O) groups is 1. The second kappa shape index (κ2) is 8.54. The minimum atomic E-state index is 0.235. The van der Waals surface area contributed by atoms with E-state index in [1.807, 2.05) is 14.1 Å². The number of nitrogens with one attached hydrogen (secondary N) is 1. The lowest BCUT2D eigenvalue weighted by atomic mass is 9.91. The highest BCUT2D eigenvalue weighted by Crippen LogP contribution is 2.20. The van der Waals surface area contributed by atoms with Crippen molar-refractivity contribution in [2.75, 3.05) is 40.3 Å². The van der Waals surface area contributed by atoms with E-state index in [9.17, 15) is 4.79 Å². The summed E-state index contributed by atoms with van der Waals surface area (Å²) in [6, 6.07) is 0.590. The number of hydrogen-bond donors (Lipinski definition) is 1. The summed E-state index contributed by atoms with van der Waals surface area (Å²) in [7, 11) is 3.66. The van der Waals surface area contributed by atoms with E-state index in [2.05, 4.69) is 24.1 Å². The fourth-order valence-corrected chi connectivity index (χ4v) is 2.72. The van der Waals surface area contributed by atoms with Crippen LogP contribution in [0.25, 0.3) is 0 Å². The maximum absolute atomic E-state index is 11.6. The third-order valence-corrected chi connectivity index (χ3v) is 4.11. The molecule has 0 aliphatic carbocycles. The quantitative estimate of drug-likeness (QED) is 0.762. The Labute approximate surface area is 118 Å². The molecule has 0 aromatic rings. The largest absolute Gasteiger partial charge is 0.349 e. The zero-order chi connectivity index (χ0) is 14.3. The molecule has 1 aliphatic heterocycles. The molecule has 0 bridgehead atoms. The van der Waals surface area contributed by atoms with E-state index in [0.717, 1.165) is 32.1 Å². The van der Waals surface area contributed by atoms with Gasteiger partial charge in [-0.05, 0) is 45.2 Å². The second-order valence-corrected chi connectivity index (χ2v) is 5.98. The van der Waals surface area contributed by atoms with Gasteiger partial charge in [0.05, 0.1) is 0 Å². The third-order valence-electron chi connectivity index (χ3n) is 4.11. The summed E-state index contributed by atoms with van der Waals surface area (Å²) in [5, 5.41) is 3.60. The molecule has 0 saturated carbocycles. The molecule has 1 aliphatic rings. The first-order valence-electron chi connectivity index (χ1n) is 7.70. The first kappa shape index (κ1) is 16.4. The second-order valence-electron chi connectivity index (χ2n) is 5.98. The summed E-state index contributed by atoms with van der Waals surface area (Å²) in [5.41, 5.74) is 0. The minimum Gasteiger partial charge on any atom is -0.349 e. The molecule has 2 unspecified atom stereocenters. The summed E-state index contributed by atoms with van der Waals surface area (Å²) in [6.07, 6.45) is 4.42. The van der Waals surface area contributed by atoms with Gasteiger partial charge in [-0.1, -0.05) is 6.92 Å². The molecule has 0 radical (unpaired) electrons. The molecule has 1 amide bonds. The number of rotatable bonds is 7. The molecule has 1 rings (SSSR count). The lowest BCUT2D eigenvalue weighted by Gasteiger charge is -2.36. The standard InChI is InChI=1S/C15H31N3O/c1-5-9-16-13(2)14-7-6-10-18(12-14)11-8-15(19)17(3)4/h13-14,16H,5-12H2,1-4H3. The highest BCUT2D eigenvalue weighted by atomic mass is 16.2. The average molecular weight is 269 g/mol. The Bertz CT molecular complexity index is 268. The van der Waals surface area contributed by atoms with Crippen LogP contribution >= 0.6 is 0 Å². The van der Waals surface area contributed by atoms with E-state index >= 15 is 0 Å². The minimum absolute atomic E-state index is 0.235. The van der Waals surface area contributed by atoms with Crippen LogP contribution in [0.2, 0.25) is 0 Å². The Morgan fingerprint density at radius 2 is 2.21 bits per heavy atom. The number of carbonyl (C=O) groups excluding carboxylic acids is 1. The molecule has 4 heteroatoms. The van der Waals surface area contributed by atoms with E-state index in [4.69, 9.17) is 0 Å². The van der Waals surface area contributed by atoms with Crippen molar-refractivity contribution in [1.82, 2.24) is 15.1 Å².